The molecule has 3 nitrogen and oxygen atoms in total. The second-order valence-corrected chi connectivity index (χ2v) is 11.8. The van der Waals surface area contributed by atoms with Crippen LogP contribution < -0.4 is 14.5 Å². The minimum absolute atomic E-state index is 0.835. The highest BCUT2D eigenvalue weighted by molar-refractivity contribution is 6.04. The van der Waals surface area contributed by atoms with Gasteiger partial charge in [-0.1, -0.05) is 121 Å². The van der Waals surface area contributed by atoms with Crippen LogP contribution in [0.15, 0.2) is 182 Å². The molecule has 0 saturated heterocycles. The minimum atomic E-state index is 0.835. The molecule has 9 rings (SSSR count). The molecular formula is C44H30N2O. The van der Waals surface area contributed by atoms with Crippen molar-refractivity contribution in [2.45, 2.75) is 0 Å². The zero-order valence-corrected chi connectivity index (χ0v) is 25.6. The van der Waals surface area contributed by atoms with Crippen LogP contribution in [0.1, 0.15) is 0 Å². The number of fused-ring (bicyclic) bond motifs is 4. The minimum Gasteiger partial charge on any atom is -0.453 e. The Morgan fingerprint density at radius 2 is 0.957 bits per heavy atom. The first-order valence-corrected chi connectivity index (χ1v) is 15.9. The number of para-hydroxylation sites is 3. The number of ether oxygens (including phenoxy) is 1. The van der Waals surface area contributed by atoms with Crippen molar-refractivity contribution < 1.29 is 4.74 Å². The van der Waals surface area contributed by atoms with E-state index in [2.05, 4.69) is 174 Å². The summed E-state index contributed by atoms with van der Waals surface area (Å²) in [7, 11) is 0. The van der Waals surface area contributed by atoms with E-state index in [1.54, 1.807) is 0 Å². The maximum atomic E-state index is 6.50. The van der Waals surface area contributed by atoms with Gasteiger partial charge in [-0.25, -0.2) is 0 Å². The molecule has 8 aromatic rings. The number of nitrogens with zero attached hydrogens (tertiary/aromatic N) is 2. The molecule has 0 fully saturated rings. The van der Waals surface area contributed by atoms with Gasteiger partial charge in [0.15, 0.2) is 11.5 Å². The van der Waals surface area contributed by atoms with Gasteiger partial charge >= 0.3 is 0 Å². The lowest BCUT2D eigenvalue weighted by Gasteiger charge is -2.33. The summed E-state index contributed by atoms with van der Waals surface area (Å²) in [5.41, 5.74) is 8.77. The van der Waals surface area contributed by atoms with Crippen molar-refractivity contribution in [2.75, 3.05) is 9.80 Å². The van der Waals surface area contributed by atoms with Crippen LogP contribution in [0.2, 0.25) is 0 Å². The van der Waals surface area contributed by atoms with E-state index in [0.29, 0.717) is 0 Å². The molecule has 0 atom stereocenters. The molecule has 0 saturated carbocycles. The van der Waals surface area contributed by atoms with Gasteiger partial charge in [0, 0.05) is 22.1 Å². The van der Waals surface area contributed by atoms with E-state index < -0.39 is 0 Å². The molecule has 0 spiro atoms. The SMILES string of the molecule is c1ccc(N2c3ccccc3Oc3cc(-c4ccc(N(c5cccc6ccccc56)c5cccc6ccccc56)cc4)ccc32)cc1. The summed E-state index contributed by atoms with van der Waals surface area (Å²) < 4.78 is 6.50. The quantitative estimate of drug-likeness (QED) is 0.195. The lowest BCUT2D eigenvalue weighted by Crippen LogP contribution is -2.15. The predicted molar refractivity (Wildman–Crippen MR) is 196 cm³/mol. The molecule has 47 heavy (non-hydrogen) atoms. The van der Waals surface area contributed by atoms with E-state index in [-0.39, 0.29) is 0 Å². The van der Waals surface area contributed by atoms with Crippen LogP contribution in [0, 0.1) is 0 Å². The molecule has 0 amide bonds. The van der Waals surface area contributed by atoms with Crippen LogP contribution in [0.4, 0.5) is 34.1 Å². The van der Waals surface area contributed by atoms with Crippen LogP contribution in [0.5, 0.6) is 11.5 Å². The Morgan fingerprint density at radius 1 is 0.404 bits per heavy atom. The van der Waals surface area contributed by atoms with Crippen LogP contribution >= 0.6 is 0 Å². The molecule has 1 aliphatic heterocycles. The van der Waals surface area contributed by atoms with Gasteiger partial charge in [-0.05, 0) is 82.6 Å². The highest BCUT2D eigenvalue weighted by Crippen LogP contribution is 2.51. The second kappa shape index (κ2) is 11.2. The molecule has 0 unspecified atom stereocenters. The predicted octanol–water partition coefficient (Wildman–Crippen LogP) is 12.7. The van der Waals surface area contributed by atoms with Gasteiger partial charge in [-0.2, -0.15) is 0 Å². The molecular weight excluding hydrogens is 572 g/mol. The average Bonchev–Trinajstić information content (AvgIpc) is 3.14. The van der Waals surface area contributed by atoms with Gasteiger partial charge in [0.25, 0.3) is 0 Å². The van der Waals surface area contributed by atoms with Crippen LogP contribution in [-0.2, 0) is 0 Å². The highest BCUT2D eigenvalue weighted by atomic mass is 16.5. The molecule has 0 N–H and O–H groups in total. The van der Waals surface area contributed by atoms with Gasteiger partial charge in [0.05, 0.1) is 22.7 Å². The summed E-state index contributed by atoms with van der Waals surface area (Å²) in [6.45, 7) is 0. The normalized spacial score (nSPS) is 12.0. The third-order valence-corrected chi connectivity index (χ3v) is 9.02. The molecule has 0 radical (unpaired) electrons. The molecule has 1 aliphatic rings. The first-order valence-electron chi connectivity index (χ1n) is 15.9. The van der Waals surface area contributed by atoms with E-state index in [0.717, 1.165) is 56.8 Å². The standard InChI is InChI=1S/C44H30N2O/c1-2-16-35(17-3-1)46-41-20-8-9-23-43(41)47-44-30-34(26-29-42(44)46)31-24-27-36(28-25-31)45(39-21-10-14-32-12-4-6-18-37(32)39)40-22-11-15-33-13-5-7-19-38(33)40/h1-30H. The van der Waals surface area contributed by atoms with Gasteiger partial charge < -0.3 is 14.5 Å². The first-order chi connectivity index (χ1) is 23.3. The molecule has 8 aromatic carbocycles. The van der Waals surface area contributed by atoms with Gasteiger partial charge in [0.1, 0.15) is 0 Å². The maximum absolute atomic E-state index is 6.50. The third kappa shape index (κ3) is 4.68. The van der Waals surface area contributed by atoms with Crippen molar-refractivity contribution in [1.82, 2.24) is 0 Å². The molecule has 0 aliphatic carbocycles. The number of benzene rings is 8. The topological polar surface area (TPSA) is 15.7 Å². The Labute approximate surface area is 274 Å². The fourth-order valence-corrected chi connectivity index (χ4v) is 6.81. The smallest absolute Gasteiger partial charge is 0.152 e. The number of hydrogen-bond donors (Lipinski definition) is 0. The zero-order chi connectivity index (χ0) is 31.2. The second-order valence-electron chi connectivity index (χ2n) is 11.8. The van der Waals surface area contributed by atoms with E-state index in [4.69, 9.17) is 4.74 Å². The highest BCUT2D eigenvalue weighted by Gasteiger charge is 2.26. The summed E-state index contributed by atoms with van der Waals surface area (Å²) in [4.78, 5) is 4.66. The molecule has 0 bridgehead atoms. The summed E-state index contributed by atoms with van der Waals surface area (Å²) in [6.07, 6.45) is 0. The van der Waals surface area contributed by atoms with Crippen molar-refractivity contribution in [3.05, 3.63) is 182 Å². The van der Waals surface area contributed by atoms with Crippen molar-refractivity contribution in [1.29, 1.82) is 0 Å². The van der Waals surface area contributed by atoms with Crippen LogP contribution in [0.25, 0.3) is 32.7 Å². The lowest BCUT2D eigenvalue weighted by molar-refractivity contribution is 0.477. The Balaban J connectivity index is 1.15. The van der Waals surface area contributed by atoms with Crippen molar-refractivity contribution in [3.8, 4) is 22.6 Å². The van der Waals surface area contributed by atoms with E-state index >= 15 is 0 Å². The molecule has 0 aromatic heterocycles. The fourth-order valence-electron chi connectivity index (χ4n) is 6.81. The third-order valence-electron chi connectivity index (χ3n) is 9.02. The van der Waals surface area contributed by atoms with E-state index in [1.165, 1.54) is 21.5 Å². The Kier molecular flexibility index (Phi) is 6.46. The molecule has 222 valence electrons. The van der Waals surface area contributed by atoms with Gasteiger partial charge in [-0.3, -0.25) is 0 Å². The fraction of sp³-hybridized carbons (Fsp3) is 0. The maximum Gasteiger partial charge on any atom is 0.152 e. The largest absolute Gasteiger partial charge is 0.453 e. The Bertz CT molecular complexity index is 2310. The van der Waals surface area contributed by atoms with E-state index in [9.17, 15) is 0 Å². The van der Waals surface area contributed by atoms with Crippen LogP contribution in [0.3, 0.4) is 0 Å². The van der Waals surface area contributed by atoms with Crippen LogP contribution in [-0.4, -0.2) is 0 Å². The molecule has 3 heteroatoms. The lowest BCUT2D eigenvalue weighted by atomic mass is 10.0. The zero-order valence-electron chi connectivity index (χ0n) is 25.6. The monoisotopic (exact) mass is 602 g/mol. The van der Waals surface area contributed by atoms with Gasteiger partial charge in [0.2, 0.25) is 0 Å². The van der Waals surface area contributed by atoms with Crippen molar-refractivity contribution >= 4 is 55.7 Å². The summed E-state index contributed by atoms with van der Waals surface area (Å²) >= 11 is 0. The number of anilines is 6. The summed E-state index contributed by atoms with van der Waals surface area (Å²) in [6, 6.07) is 64.4. The van der Waals surface area contributed by atoms with E-state index in [1.807, 2.05) is 18.2 Å². The average molecular weight is 603 g/mol. The van der Waals surface area contributed by atoms with Crippen molar-refractivity contribution in [2.24, 2.45) is 0 Å². The number of hydrogen-bond acceptors (Lipinski definition) is 3. The summed E-state index contributed by atoms with van der Waals surface area (Å²) in [5.74, 6) is 1.68. The number of rotatable bonds is 5. The summed E-state index contributed by atoms with van der Waals surface area (Å²) in [5, 5.41) is 4.85. The van der Waals surface area contributed by atoms with Gasteiger partial charge in [-0.15, -0.1) is 0 Å². The Hall–Kier alpha value is -6.32. The first kappa shape index (κ1) is 27.0. The molecule has 1 heterocycles. The Morgan fingerprint density at radius 3 is 1.66 bits per heavy atom. The van der Waals surface area contributed by atoms with Crippen molar-refractivity contribution in [3.63, 3.8) is 0 Å².